The molecular weight excluding hydrogens is 260 g/mol. The molecule has 1 aromatic carbocycles. The van der Waals surface area contributed by atoms with E-state index in [-0.39, 0.29) is 5.91 Å². The number of carbonyl (C=O) groups excluding carboxylic acids is 1. The van der Waals surface area contributed by atoms with Crippen LogP contribution in [0.25, 0.3) is 0 Å². The molecule has 1 amide bonds. The zero-order chi connectivity index (χ0) is 14.8. The standard InChI is InChI=1S/C18H26N2O/c1-3-16-9-6-7-11-19(16)13-18(21)20-14(2)12-15-8-4-5-10-17(15)20/h4-5,8,10,14,16H,3,6-7,9,11-13H2,1-2H3. The first-order chi connectivity index (χ1) is 10.2. The van der Waals surface area contributed by atoms with Gasteiger partial charge < -0.3 is 4.90 Å². The van der Waals surface area contributed by atoms with Crippen molar-refractivity contribution in [2.24, 2.45) is 0 Å². The van der Waals surface area contributed by atoms with Crippen LogP contribution in [0.3, 0.4) is 0 Å². The van der Waals surface area contributed by atoms with Crippen LogP contribution in [-0.2, 0) is 11.2 Å². The molecule has 0 aromatic heterocycles. The smallest absolute Gasteiger partial charge is 0.241 e. The lowest BCUT2D eigenvalue weighted by Crippen LogP contribution is -2.48. The maximum Gasteiger partial charge on any atom is 0.241 e. The lowest BCUT2D eigenvalue weighted by atomic mass is 10.00. The molecule has 2 heterocycles. The zero-order valence-corrected chi connectivity index (χ0v) is 13.2. The minimum Gasteiger partial charge on any atom is -0.308 e. The number of hydrogen-bond acceptors (Lipinski definition) is 2. The van der Waals surface area contributed by atoms with Crippen LogP contribution in [0.2, 0.25) is 0 Å². The highest BCUT2D eigenvalue weighted by Crippen LogP contribution is 2.32. The molecule has 1 aromatic rings. The Hall–Kier alpha value is -1.35. The molecule has 0 bridgehead atoms. The summed E-state index contributed by atoms with van der Waals surface area (Å²) in [5, 5.41) is 0. The largest absolute Gasteiger partial charge is 0.308 e. The number of likely N-dealkylation sites (tertiary alicyclic amines) is 1. The Labute approximate surface area is 127 Å². The number of hydrogen-bond donors (Lipinski definition) is 0. The van der Waals surface area contributed by atoms with Crippen molar-refractivity contribution in [2.75, 3.05) is 18.0 Å². The second-order valence-electron chi connectivity index (χ2n) is 6.47. The molecule has 1 saturated heterocycles. The average molecular weight is 286 g/mol. The van der Waals surface area contributed by atoms with E-state index in [0.717, 1.165) is 25.1 Å². The van der Waals surface area contributed by atoms with Gasteiger partial charge in [0.2, 0.25) is 5.91 Å². The van der Waals surface area contributed by atoms with Gasteiger partial charge in [0, 0.05) is 17.8 Å². The number of benzene rings is 1. The number of nitrogens with zero attached hydrogens (tertiary/aromatic N) is 2. The van der Waals surface area contributed by atoms with Gasteiger partial charge in [0.1, 0.15) is 0 Å². The SMILES string of the molecule is CCC1CCCCN1CC(=O)N1c2ccccc2CC1C. The summed E-state index contributed by atoms with van der Waals surface area (Å²) in [6.07, 6.45) is 5.93. The summed E-state index contributed by atoms with van der Waals surface area (Å²) >= 11 is 0. The van der Waals surface area contributed by atoms with Crippen molar-refractivity contribution < 1.29 is 4.79 Å². The van der Waals surface area contributed by atoms with E-state index in [1.54, 1.807) is 0 Å². The van der Waals surface area contributed by atoms with E-state index >= 15 is 0 Å². The lowest BCUT2D eigenvalue weighted by molar-refractivity contribution is -0.121. The van der Waals surface area contributed by atoms with Crippen LogP contribution in [0.5, 0.6) is 0 Å². The van der Waals surface area contributed by atoms with Crippen molar-refractivity contribution >= 4 is 11.6 Å². The van der Waals surface area contributed by atoms with Crippen LogP contribution in [0.15, 0.2) is 24.3 Å². The molecule has 0 N–H and O–H groups in total. The van der Waals surface area contributed by atoms with Gasteiger partial charge in [0.25, 0.3) is 0 Å². The molecule has 3 heteroatoms. The van der Waals surface area contributed by atoms with E-state index in [4.69, 9.17) is 0 Å². The fourth-order valence-corrected chi connectivity index (χ4v) is 3.93. The van der Waals surface area contributed by atoms with E-state index in [0.29, 0.717) is 18.6 Å². The van der Waals surface area contributed by atoms with E-state index < -0.39 is 0 Å². The van der Waals surface area contributed by atoms with Gasteiger partial charge in [-0.05, 0) is 50.8 Å². The summed E-state index contributed by atoms with van der Waals surface area (Å²) in [4.78, 5) is 17.3. The Morgan fingerprint density at radius 1 is 1.29 bits per heavy atom. The van der Waals surface area contributed by atoms with Crippen molar-refractivity contribution in [3.8, 4) is 0 Å². The Balaban J connectivity index is 1.73. The van der Waals surface area contributed by atoms with Gasteiger partial charge in [0.05, 0.1) is 6.54 Å². The minimum absolute atomic E-state index is 0.271. The fraction of sp³-hybridized carbons (Fsp3) is 0.611. The van der Waals surface area contributed by atoms with Crippen molar-refractivity contribution in [3.05, 3.63) is 29.8 Å². The monoisotopic (exact) mass is 286 g/mol. The summed E-state index contributed by atoms with van der Waals surface area (Å²) in [5.74, 6) is 0.271. The quantitative estimate of drug-likeness (QED) is 0.851. The van der Waals surface area contributed by atoms with Crippen LogP contribution in [0, 0.1) is 0 Å². The molecule has 3 rings (SSSR count). The molecule has 2 aliphatic heterocycles. The fourth-order valence-electron chi connectivity index (χ4n) is 3.93. The van der Waals surface area contributed by atoms with Gasteiger partial charge in [-0.1, -0.05) is 31.5 Å². The van der Waals surface area contributed by atoms with Crippen LogP contribution in [0.1, 0.15) is 45.1 Å². The van der Waals surface area contributed by atoms with Crippen molar-refractivity contribution in [2.45, 2.75) is 58.0 Å². The van der Waals surface area contributed by atoms with E-state index in [2.05, 4.69) is 36.9 Å². The Morgan fingerprint density at radius 2 is 2.10 bits per heavy atom. The molecule has 21 heavy (non-hydrogen) atoms. The molecule has 2 unspecified atom stereocenters. The average Bonchev–Trinajstić information content (AvgIpc) is 2.83. The summed E-state index contributed by atoms with van der Waals surface area (Å²) < 4.78 is 0. The second-order valence-corrected chi connectivity index (χ2v) is 6.47. The molecule has 0 saturated carbocycles. The minimum atomic E-state index is 0.271. The molecule has 2 atom stereocenters. The first-order valence-electron chi connectivity index (χ1n) is 8.34. The first kappa shape index (κ1) is 14.6. The molecule has 1 fully saturated rings. The van der Waals surface area contributed by atoms with Crippen LogP contribution in [-0.4, -0.2) is 36.0 Å². The van der Waals surface area contributed by atoms with Crippen molar-refractivity contribution in [1.29, 1.82) is 0 Å². The molecule has 0 aliphatic carbocycles. The van der Waals surface area contributed by atoms with Crippen LogP contribution < -0.4 is 4.90 Å². The summed E-state index contributed by atoms with van der Waals surface area (Å²) in [6, 6.07) is 9.22. The van der Waals surface area contributed by atoms with E-state index in [1.165, 1.54) is 24.8 Å². The summed E-state index contributed by atoms with van der Waals surface area (Å²) in [6.45, 7) is 6.05. The number of fused-ring (bicyclic) bond motifs is 1. The number of para-hydroxylation sites is 1. The van der Waals surface area contributed by atoms with Crippen molar-refractivity contribution in [1.82, 2.24) is 4.90 Å². The molecule has 0 spiro atoms. The third kappa shape index (κ3) is 2.84. The number of anilines is 1. The summed E-state index contributed by atoms with van der Waals surface area (Å²) in [5.41, 5.74) is 2.43. The Kier molecular flexibility index (Phi) is 4.29. The Bertz CT molecular complexity index is 514. The zero-order valence-electron chi connectivity index (χ0n) is 13.2. The van der Waals surface area contributed by atoms with E-state index in [1.807, 2.05) is 11.0 Å². The first-order valence-corrected chi connectivity index (χ1v) is 8.34. The van der Waals surface area contributed by atoms with Gasteiger partial charge in [-0.25, -0.2) is 0 Å². The lowest BCUT2D eigenvalue weighted by Gasteiger charge is -2.36. The Morgan fingerprint density at radius 3 is 2.90 bits per heavy atom. The highest BCUT2D eigenvalue weighted by atomic mass is 16.2. The highest BCUT2D eigenvalue weighted by molar-refractivity contribution is 5.97. The maximum atomic E-state index is 12.8. The number of rotatable bonds is 3. The summed E-state index contributed by atoms with van der Waals surface area (Å²) in [7, 11) is 0. The molecule has 2 aliphatic rings. The topological polar surface area (TPSA) is 23.6 Å². The van der Waals surface area contributed by atoms with Crippen LogP contribution >= 0.6 is 0 Å². The van der Waals surface area contributed by atoms with Gasteiger partial charge in [-0.2, -0.15) is 0 Å². The third-order valence-corrected chi connectivity index (χ3v) is 5.03. The second kappa shape index (κ2) is 6.18. The number of carbonyl (C=O) groups is 1. The molecular formula is C18H26N2O. The van der Waals surface area contributed by atoms with E-state index in [9.17, 15) is 4.79 Å². The van der Waals surface area contributed by atoms with Gasteiger partial charge in [-0.15, -0.1) is 0 Å². The number of piperidine rings is 1. The highest BCUT2D eigenvalue weighted by Gasteiger charge is 2.32. The van der Waals surface area contributed by atoms with Gasteiger partial charge >= 0.3 is 0 Å². The van der Waals surface area contributed by atoms with Crippen molar-refractivity contribution in [3.63, 3.8) is 0 Å². The molecule has 0 radical (unpaired) electrons. The predicted molar refractivity (Wildman–Crippen MR) is 86.6 cm³/mol. The van der Waals surface area contributed by atoms with Gasteiger partial charge in [0.15, 0.2) is 0 Å². The third-order valence-electron chi connectivity index (χ3n) is 5.03. The number of amides is 1. The molecule has 3 nitrogen and oxygen atoms in total. The van der Waals surface area contributed by atoms with Gasteiger partial charge in [-0.3, -0.25) is 9.69 Å². The van der Waals surface area contributed by atoms with Crippen LogP contribution in [0.4, 0.5) is 5.69 Å². The maximum absolute atomic E-state index is 12.8. The normalized spacial score (nSPS) is 25.9. The molecule has 114 valence electrons. The predicted octanol–water partition coefficient (Wildman–Crippen LogP) is 3.23.